The van der Waals surface area contributed by atoms with Crippen LogP contribution in [0.15, 0.2) is 24.3 Å². The average molecular weight is 304 g/mol. The van der Waals surface area contributed by atoms with Crippen LogP contribution >= 0.6 is 0 Å². The summed E-state index contributed by atoms with van der Waals surface area (Å²) in [6.45, 7) is 5.25. The van der Waals surface area contributed by atoms with Crippen LogP contribution in [0.5, 0.6) is 0 Å². The molecule has 0 spiro atoms. The van der Waals surface area contributed by atoms with Crippen molar-refractivity contribution in [2.45, 2.75) is 32.8 Å². The van der Waals surface area contributed by atoms with Gasteiger partial charge in [-0.15, -0.1) is 0 Å². The molecule has 2 atom stereocenters. The Hall–Kier alpha value is -1.72. The number of ketones is 1. The van der Waals surface area contributed by atoms with E-state index in [4.69, 9.17) is 0 Å². The van der Waals surface area contributed by atoms with Crippen molar-refractivity contribution in [2.24, 2.45) is 5.92 Å². The van der Waals surface area contributed by atoms with Gasteiger partial charge in [0, 0.05) is 17.8 Å². The van der Waals surface area contributed by atoms with Crippen molar-refractivity contribution in [3.63, 3.8) is 0 Å². The summed E-state index contributed by atoms with van der Waals surface area (Å²) in [5.41, 5.74) is 1.23. The smallest absolute Gasteiger partial charge is 0.238 e. The van der Waals surface area contributed by atoms with Gasteiger partial charge in [0.15, 0.2) is 5.78 Å². The van der Waals surface area contributed by atoms with E-state index in [2.05, 4.69) is 10.2 Å². The lowest BCUT2D eigenvalue weighted by molar-refractivity contribution is -0.118. The highest BCUT2D eigenvalue weighted by atomic mass is 16.3. The molecular formula is C17H24N2O3. The second kappa shape index (κ2) is 7.51. The SMILES string of the molecule is CC(=O)c1cccc(NC(=O)CN2CCCC(C(C)O)C2)c1. The number of piperidine rings is 1. The monoisotopic (exact) mass is 304 g/mol. The third-order valence-corrected chi connectivity index (χ3v) is 4.14. The van der Waals surface area contributed by atoms with Crippen LogP contribution in [-0.2, 0) is 4.79 Å². The van der Waals surface area contributed by atoms with Gasteiger partial charge in [-0.1, -0.05) is 12.1 Å². The molecule has 2 rings (SSSR count). The van der Waals surface area contributed by atoms with E-state index in [0.717, 1.165) is 25.9 Å². The first kappa shape index (κ1) is 16.6. The van der Waals surface area contributed by atoms with Gasteiger partial charge in [0.25, 0.3) is 0 Å². The first-order valence-corrected chi connectivity index (χ1v) is 7.77. The Morgan fingerprint density at radius 2 is 2.23 bits per heavy atom. The number of likely N-dealkylation sites (tertiary alicyclic amines) is 1. The first-order valence-electron chi connectivity index (χ1n) is 7.77. The Labute approximate surface area is 131 Å². The number of nitrogens with zero attached hydrogens (tertiary/aromatic N) is 1. The molecule has 1 aromatic carbocycles. The fourth-order valence-corrected chi connectivity index (χ4v) is 2.85. The lowest BCUT2D eigenvalue weighted by atomic mass is 9.93. The molecule has 2 N–H and O–H groups in total. The van der Waals surface area contributed by atoms with Crippen LogP contribution in [0.25, 0.3) is 0 Å². The minimum Gasteiger partial charge on any atom is -0.393 e. The van der Waals surface area contributed by atoms with E-state index in [1.807, 2.05) is 6.92 Å². The Bertz CT molecular complexity index is 542. The number of aliphatic hydroxyl groups excluding tert-OH is 1. The van der Waals surface area contributed by atoms with Crippen LogP contribution in [0, 0.1) is 5.92 Å². The summed E-state index contributed by atoms with van der Waals surface area (Å²) in [5, 5.41) is 12.5. The minimum atomic E-state index is -0.335. The third kappa shape index (κ3) is 4.64. The molecule has 22 heavy (non-hydrogen) atoms. The second-order valence-corrected chi connectivity index (χ2v) is 6.06. The number of carbonyl (C=O) groups excluding carboxylic acids is 2. The van der Waals surface area contributed by atoms with Crippen molar-refractivity contribution in [1.29, 1.82) is 0 Å². The van der Waals surface area contributed by atoms with E-state index in [0.29, 0.717) is 17.8 Å². The maximum atomic E-state index is 12.1. The van der Waals surface area contributed by atoms with Crippen molar-refractivity contribution < 1.29 is 14.7 Å². The predicted molar refractivity (Wildman–Crippen MR) is 85.9 cm³/mol. The van der Waals surface area contributed by atoms with E-state index in [9.17, 15) is 14.7 Å². The van der Waals surface area contributed by atoms with E-state index >= 15 is 0 Å². The van der Waals surface area contributed by atoms with Gasteiger partial charge in [-0.3, -0.25) is 14.5 Å². The van der Waals surface area contributed by atoms with Gasteiger partial charge in [-0.2, -0.15) is 0 Å². The number of hydrogen-bond acceptors (Lipinski definition) is 4. The Kier molecular flexibility index (Phi) is 5.69. The van der Waals surface area contributed by atoms with Crippen LogP contribution in [0.3, 0.4) is 0 Å². The molecule has 0 radical (unpaired) electrons. The molecule has 1 saturated heterocycles. The molecule has 0 bridgehead atoms. The highest BCUT2D eigenvalue weighted by molar-refractivity contribution is 5.97. The molecule has 1 aliphatic rings. The molecule has 0 aliphatic carbocycles. The number of aliphatic hydroxyl groups is 1. The highest BCUT2D eigenvalue weighted by Gasteiger charge is 2.24. The van der Waals surface area contributed by atoms with Crippen molar-refractivity contribution in [2.75, 3.05) is 25.0 Å². The van der Waals surface area contributed by atoms with Crippen LogP contribution < -0.4 is 5.32 Å². The summed E-state index contributed by atoms with van der Waals surface area (Å²) in [6, 6.07) is 6.96. The number of nitrogens with one attached hydrogen (secondary N) is 1. The lowest BCUT2D eigenvalue weighted by Crippen LogP contribution is -2.43. The standard InChI is InChI=1S/C17H24N2O3/c1-12(20)14-5-3-7-16(9-14)18-17(22)11-19-8-4-6-15(10-19)13(2)21/h3,5,7,9,13,15,21H,4,6,8,10-11H2,1-2H3,(H,18,22). The summed E-state index contributed by atoms with van der Waals surface area (Å²) < 4.78 is 0. The van der Waals surface area contributed by atoms with Crippen molar-refractivity contribution in [1.82, 2.24) is 4.90 Å². The molecule has 0 saturated carbocycles. The van der Waals surface area contributed by atoms with Crippen LogP contribution in [0.4, 0.5) is 5.69 Å². The van der Waals surface area contributed by atoms with E-state index < -0.39 is 0 Å². The molecule has 120 valence electrons. The zero-order valence-corrected chi connectivity index (χ0v) is 13.2. The minimum absolute atomic E-state index is 0.0214. The number of benzene rings is 1. The maximum absolute atomic E-state index is 12.1. The summed E-state index contributed by atoms with van der Waals surface area (Å²) in [4.78, 5) is 25.6. The number of Topliss-reactive ketones (excluding diaryl/α,β-unsaturated/α-hetero) is 1. The Morgan fingerprint density at radius 3 is 2.91 bits per heavy atom. The predicted octanol–water partition coefficient (Wildman–Crippen LogP) is 1.92. The van der Waals surface area contributed by atoms with E-state index in [1.165, 1.54) is 6.92 Å². The number of carbonyl (C=O) groups is 2. The topological polar surface area (TPSA) is 69.6 Å². The fraction of sp³-hybridized carbons (Fsp3) is 0.529. The molecule has 1 amide bonds. The molecule has 5 heteroatoms. The molecule has 1 fully saturated rings. The van der Waals surface area contributed by atoms with Gasteiger partial charge in [0.2, 0.25) is 5.91 Å². The maximum Gasteiger partial charge on any atom is 0.238 e. The van der Waals surface area contributed by atoms with E-state index in [1.54, 1.807) is 24.3 Å². The van der Waals surface area contributed by atoms with Crippen LogP contribution in [-0.4, -0.2) is 47.4 Å². The number of rotatable bonds is 5. The normalized spacial score (nSPS) is 20.4. The molecule has 2 unspecified atom stereocenters. The molecule has 0 aromatic heterocycles. The Balaban J connectivity index is 1.90. The molecule has 1 aromatic rings. The lowest BCUT2D eigenvalue weighted by Gasteiger charge is -2.33. The van der Waals surface area contributed by atoms with Gasteiger partial charge < -0.3 is 10.4 Å². The van der Waals surface area contributed by atoms with Gasteiger partial charge in [-0.05, 0) is 51.3 Å². The summed E-state index contributed by atoms with van der Waals surface area (Å²) >= 11 is 0. The van der Waals surface area contributed by atoms with Gasteiger partial charge in [0.1, 0.15) is 0 Å². The molecule has 5 nitrogen and oxygen atoms in total. The number of amides is 1. The zero-order valence-electron chi connectivity index (χ0n) is 13.2. The Morgan fingerprint density at radius 1 is 1.45 bits per heavy atom. The summed E-state index contributed by atoms with van der Waals surface area (Å²) in [5.74, 6) is 0.126. The van der Waals surface area contributed by atoms with Gasteiger partial charge >= 0.3 is 0 Å². The molecule has 1 heterocycles. The highest BCUT2D eigenvalue weighted by Crippen LogP contribution is 2.19. The quantitative estimate of drug-likeness (QED) is 0.816. The number of hydrogen-bond donors (Lipinski definition) is 2. The summed E-state index contributed by atoms with van der Waals surface area (Å²) in [6.07, 6.45) is 1.68. The van der Waals surface area contributed by atoms with Crippen molar-refractivity contribution in [3.05, 3.63) is 29.8 Å². The summed E-state index contributed by atoms with van der Waals surface area (Å²) in [7, 11) is 0. The fourth-order valence-electron chi connectivity index (χ4n) is 2.85. The third-order valence-electron chi connectivity index (χ3n) is 4.14. The van der Waals surface area contributed by atoms with Crippen molar-refractivity contribution >= 4 is 17.4 Å². The van der Waals surface area contributed by atoms with Gasteiger partial charge in [0.05, 0.1) is 12.6 Å². The van der Waals surface area contributed by atoms with E-state index in [-0.39, 0.29) is 23.7 Å². The van der Waals surface area contributed by atoms with Crippen LogP contribution in [0.1, 0.15) is 37.0 Å². The average Bonchev–Trinajstić information content (AvgIpc) is 2.47. The number of anilines is 1. The second-order valence-electron chi connectivity index (χ2n) is 6.06. The van der Waals surface area contributed by atoms with Crippen molar-refractivity contribution in [3.8, 4) is 0 Å². The first-order chi connectivity index (χ1) is 10.5. The molecule has 1 aliphatic heterocycles. The molecular weight excluding hydrogens is 280 g/mol. The van der Waals surface area contributed by atoms with Crippen LogP contribution in [0.2, 0.25) is 0 Å². The largest absolute Gasteiger partial charge is 0.393 e. The van der Waals surface area contributed by atoms with Gasteiger partial charge in [-0.25, -0.2) is 0 Å². The zero-order chi connectivity index (χ0) is 16.1.